The van der Waals surface area contributed by atoms with Crippen LogP contribution < -0.4 is 0 Å². The van der Waals surface area contributed by atoms with Gasteiger partial charge in [0.25, 0.3) is 0 Å². The van der Waals surface area contributed by atoms with Gasteiger partial charge in [-0.1, -0.05) is 21.9 Å². The Morgan fingerprint density at radius 1 is 1.43 bits per heavy atom. The third-order valence-corrected chi connectivity index (χ3v) is 1.32. The summed E-state index contributed by atoms with van der Waals surface area (Å²) in [6, 6.07) is 0. The Balaban J connectivity index is 4.36. The number of carbonyl (C=O) groups is 1. The maximum Gasteiger partial charge on any atom is 0.304 e. The van der Waals surface area contributed by atoms with Crippen molar-refractivity contribution in [3.05, 3.63) is 0 Å². The molecule has 1 unspecified atom stereocenters. The minimum Gasteiger partial charge on any atom is -0.447 e. The van der Waals surface area contributed by atoms with Crippen molar-refractivity contribution >= 4 is 21.9 Å². The lowest BCUT2D eigenvalue weighted by atomic mass is 10.1. The fourth-order valence-electron chi connectivity index (χ4n) is 0.702. The van der Waals surface area contributed by atoms with E-state index in [1.54, 1.807) is 13.8 Å². The first-order chi connectivity index (χ1) is 6.33. The largest absolute Gasteiger partial charge is 0.447 e. The molecule has 0 aromatic rings. The van der Waals surface area contributed by atoms with Gasteiger partial charge in [-0.05, 0) is 38.5 Å². The summed E-state index contributed by atoms with van der Waals surface area (Å²) in [5, 5.41) is 0. The number of halogens is 1. The molecule has 0 aliphatic rings. The third kappa shape index (κ3) is 7.71. The third-order valence-electron chi connectivity index (χ3n) is 1.10. The SMILES string of the molecule is CC(=O)OC(C)(C)C#CC#CC(C)Br. The molecule has 14 heavy (non-hydrogen) atoms. The molecule has 0 aliphatic carbocycles. The molecule has 0 aliphatic heterocycles. The highest BCUT2D eigenvalue weighted by Gasteiger charge is 2.16. The van der Waals surface area contributed by atoms with Gasteiger partial charge in [-0.2, -0.15) is 0 Å². The molecule has 0 heterocycles. The van der Waals surface area contributed by atoms with Gasteiger partial charge < -0.3 is 4.74 Å². The second-order valence-corrected chi connectivity index (χ2v) is 4.61. The summed E-state index contributed by atoms with van der Waals surface area (Å²) in [4.78, 5) is 10.8. The van der Waals surface area contributed by atoms with Crippen LogP contribution in [-0.2, 0) is 9.53 Å². The smallest absolute Gasteiger partial charge is 0.304 e. The quantitative estimate of drug-likeness (QED) is 0.408. The molecule has 0 aromatic carbocycles. The molecule has 1 atom stereocenters. The topological polar surface area (TPSA) is 26.3 Å². The summed E-state index contributed by atoms with van der Waals surface area (Å²) >= 11 is 3.27. The molecule has 0 fully saturated rings. The monoisotopic (exact) mass is 256 g/mol. The lowest BCUT2D eigenvalue weighted by Gasteiger charge is -2.16. The summed E-state index contributed by atoms with van der Waals surface area (Å²) in [5.74, 6) is 10.5. The van der Waals surface area contributed by atoms with E-state index in [9.17, 15) is 4.79 Å². The molecule has 2 nitrogen and oxygen atoms in total. The minimum atomic E-state index is -0.768. The maximum absolute atomic E-state index is 10.7. The van der Waals surface area contributed by atoms with E-state index >= 15 is 0 Å². The number of hydrogen-bond donors (Lipinski definition) is 0. The lowest BCUT2D eigenvalue weighted by Crippen LogP contribution is -2.24. The van der Waals surface area contributed by atoms with Crippen LogP contribution in [0, 0.1) is 23.7 Å². The Morgan fingerprint density at radius 2 is 2.00 bits per heavy atom. The summed E-state index contributed by atoms with van der Waals surface area (Å²) in [6.07, 6.45) is 0. The number of alkyl halides is 1. The first kappa shape index (κ1) is 13.1. The molecular weight excluding hydrogens is 244 g/mol. The van der Waals surface area contributed by atoms with Crippen LogP contribution >= 0.6 is 15.9 Å². The van der Waals surface area contributed by atoms with Gasteiger partial charge >= 0.3 is 5.97 Å². The standard InChI is InChI=1S/C11H13BrO2/c1-9(12)7-5-6-8-11(3,4)14-10(2)13/h9H,1-4H3. The van der Waals surface area contributed by atoms with Crippen molar-refractivity contribution in [2.45, 2.75) is 38.1 Å². The molecule has 0 rings (SSSR count). The van der Waals surface area contributed by atoms with E-state index in [1.807, 2.05) is 6.92 Å². The van der Waals surface area contributed by atoms with Gasteiger partial charge in [-0.15, -0.1) is 0 Å². The van der Waals surface area contributed by atoms with Gasteiger partial charge in [0.2, 0.25) is 0 Å². The van der Waals surface area contributed by atoms with Gasteiger partial charge in [-0.3, -0.25) is 4.79 Å². The van der Waals surface area contributed by atoms with Crippen molar-refractivity contribution in [3.8, 4) is 23.7 Å². The molecule has 0 amide bonds. The van der Waals surface area contributed by atoms with Crippen LogP contribution in [0.25, 0.3) is 0 Å². The van der Waals surface area contributed by atoms with E-state index in [1.165, 1.54) is 6.92 Å². The molecule has 0 saturated heterocycles. The second-order valence-electron chi connectivity index (χ2n) is 3.24. The van der Waals surface area contributed by atoms with Gasteiger partial charge in [0.1, 0.15) is 0 Å². The van der Waals surface area contributed by atoms with E-state index in [2.05, 4.69) is 39.6 Å². The molecule has 76 valence electrons. The van der Waals surface area contributed by atoms with Crippen LogP contribution in [0.4, 0.5) is 0 Å². The van der Waals surface area contributed by atoms with Crippen LogP contribution in [-0.4, -0.2) is 16.4 Å². The molecule has 0 radical (unpaired) electrons. The van der Waals surface area contributed by atoms with Gasteiger partial charge in [0, 0.05) is 6.92 Å². The van der Waals surface area contributed by atoms with Crippen molar-refractivity contribution in [2.24, 2.45) is 0 Å². The molecule has 0 bridgehead atoms. The second kappa shape index (κ2) is 5.73. The first-order valence-electron chi connectivity index (χ1n) is 4.20. The number of esters is 1. The van der Waals surface area contributed by atoms with Crippen LogP contribution in [0.15, 0.2) is 0 Å². The van der Waals surface area contributed by atoms with Crippen molar-refractivity contribution in [1.29, 1.82) is 0 Å². The van der Waals surface area contributed by atoms with E-state index in [0.29, 0.717) is 0 Å². The zero-order chi connectivity index (χ0) is 11.2. The minimum absolute atomic E-state index is 0.119. The average Bonchev–Trinajstić information content (AvgIpc) is 1.95. The number of carbonyl (C=O) groups excluding carboxylic acids is 1. The highest BCUT2D eigenvalue weighted by Crippen LogP contribution is 2.06. The van der Waals surface area contributed by atoms with Crippen molar-refractivity contribution < 1.29 is 9.53 Å². The van der Waals surface area contributed by atoms with E-state index in [4.69, 9.17) is 4.74 Å². The maximum atomic E-state index is 10.7. The normalized spacial score (nSPS) is 11.5. The van der Waals surface area contributed by atoms with Crippen LogP contribution in [0.3, 0.4) is 0 Å². The van der Waals surface area contributed by atoms with Gasteiger partial charge in [-0.25, -0.2) is 0 Å². The molecule has 3 heteroatoms. The van der Waals surface area contributed by atoms with Gasteiger partial charge in [0.15, 0.2) is 5.60 Å². The van der Waals surface area contributed by atoms with Crippen LogP contribution in [0.5, 0.6) is 0 Å². The molecular formula is C11H13BrO2. The Hall–Kier alpha value is -0.930. The summed E-state index contributed by atoms with van der Waals surface area (Å²) in [7, 11) is 0. The van der Waals surface area contributed by atoms with Crippen molar-refractivity contribution in [2.75, 3.05) is 0 Å². The predicted molar refractivity (Wildman–Crippen MR) is 59.8 cm³/mol. The molecule has 0 aromatic heterocycles. The zero-order valence-electron chi connectivity index (χ0n) is 8.77. The Bertz CT molecular complexity index is 321. The average molecular weight is 257 g/mol. The van der Waals surface area contributed by atoms with E-state index in [0.717, 1.165) is 0 Å². The van der Waals surface area contributed by atoms with Crippen LogP contribution in [0.1, 0.15) is 27.7 Å². The number of rotatable bonds is 1. The number of ether oxygens (including phenoxy) is 1. The van der Waals surface area contributed by atoms with E-state index < -0.39 is 5.60 Å². The Labute approximate surface area is 93.5 Å². The van der Waals surface area contributed by atoms with Crippen LogP contribution in [0.2, 0.25) is 0 Å². The Morgan fingerprint density at radius 3 is 2.43 bits per heavy atom. The predicted octanol–water partition coefficient (Wildman–Crippen LogP) is 2.12. The molecule has 0 saturated carbocycles. The number of hydrogen-bond acceptors (Lipinski definition) is 2. The lowest BCUT2D eigenvalue weighted by molar-refractivity contribution is -0.148. The van der Waals surface area contributed by atoms with Crippen molar-refractivity contribution in [3.63, 3.8) is 0 Å². The van der Waals surface area contributed by atoms with Gasteiger partial charge in [0.05, 0.1) is 4.83 Å². The van der Waals surface area contributed by atoms with E-state index in [-0.39, 0.29) is 10.8 Å². The first-order valence-corrected chi connectivity index (χ1v) is 5.11. The Kier molecular flexibility index (Phi) is 5.35. The molecule has 0 spiro atoms. The summed E-state index contributed by atoms with van der Waals surface area (Å²) < 4.78 is 4.95. The summed E-state index contributed by atoms with van der Waals surface area (Å²) in [6.45, 7) is 6.71. The van der Waals surface area contributed by atoms with Crippen molar-refractivity contribution in [1.82, 2.24) is 0 Å². The molecule has 0 N–H and O–H groups in total. The highest BCUT2D eigenvalue weighted by molar-refractivity contribution is 9.09. The zero-order valence-corrected chi connectivity index (χ0v) is 10.4. The summed E-state index contributed by atoms with van der Waals surface area (Å²) in [5.41, 5.74) is -0.768. The fraction of sp³-hybridized carbons (Fsp3) is 0.545. The highest BCUT2D eigenvalue weighted by atomic mass is 79.9. The fourth-order valence-corrected chi connectivity index (χ4v) is 0.817.